The van der Waals surface area contributed by atoms with Crippen LogP contribution in [0.1, 0.15) is 13.3 Å². The van der Waals surface area contributed by atoms with E-state index in [0.717, 1.165) is 6.42 Å². The molecular weight excluding hydrogens is 128 g/mol. The van der Waals surface area contributed by atoms with E-state index in [2.05, 4.69) is 13.2 Å². The third-order valence-corrected chi connectivity index (χ3v) is 1.10. The van der Waals surface area contributed by atoms with Gasteiger partial charge in [0.25, 0.3) is 5.95 Å². The van der Waals surface area contributed by atoms with Gasteiger partial charge in [-0.2, -0.15) is 0 Å². The zero-order valence-corrected chi connectivity index (χ0v) is 6.34. The van der Waals surface area contributed by atoms with E-state index in [9.17, 15) is 0 Å². The first kappa shape index (κ1) is 9.08. The number of rotatable bonds is 5. The molecule has 0 saturated heterocycles. The second-order valence-corrected chi connectivity index (χ2v) is 2.33. The highest BCUT2D eigenvalue weighted by Crippen LogP contribution is 2.03. The smallest absolute Gasteiger partial charge is 0.269 e. The van der Waals surface area contributed by atoms with Crippen LogP contribution in [0.2, 0.25) is 0 Å². The van der Waals surface area contributed by atoms with Crippen molar-refractivity contribution in [2.45, 2.75) is 13.3 Å². The van der Waals surface area contributed by atoms with Gasteiger partial charge in [-0.1, -0.05) is 13.0 Å². The van der Waals surface area contributed by atoms with Gasteiger partial charge < -0.3 is 9.84 Å². The summed E-state index contributed by atoms with van der Waals surface area (Å²) >= 11 is 0. The van der Waals surface area contributed by atoms with Crippen molar-refractivity contribution in [1.82, 2.24) is 0 Å². The topological polar surface area (TPSA) is 29.5 Å². The van der Waals surface area contributed by atoms with E-state index in [0.29, 0.717) is 12.5 Å². The van der Waals surface area contributed by atoms with Crippen LogP contribution in [0.5, 0.6) is 0 Å². The minimum Gasteiger partial charge on any atom is -0.481 e. The number of allylic oxidation sites excluding steroid dienone is 1. The third kappa shape index (κ3) is 5.22. The molecular formula is C8H14O2. The van der Waals surface area contributed by atoms with Gasteiger partial charge in [0, 0.05) is 0 Å². The lowest BCUT2D eigenvalue weighted by molar-refractivity contribution is 0.0755. The van der Waals surface area contributed by atoms with E-state index in [1.54, 1.807) is 0 Å². The Kier molecular flexibility index (Phi) is 4.46. The molecule has 0 spiro atoms. The Morgan fingerprint density at radius 1 is 1.80 bits per heavy atom. The van der Waals surface area contributed by atoms with Crippen LogP contribution in [0.15, 0.2) is 25.2 Å². The van der Waals surface area contributed by atoms with E-state index in [1.807, 2.05) is 13.0 Å². The van der Waals surface area contributed by atoms with Crippen LogP contribution in [0.4, 0.5) is 0 Å². The summed E-state index contributed by atoms with van der Waals surface area (Å²) in [5.41, 5.74) is 0. The Morgan fingerprint density at radius 2 is 2.40 bits per heavy atom. The summed E-state index contributed by atoms with van der Waals surface area (Å²) < 4.78 is 4.77. The summed E-state index contributed by atoms with van der Waals surface area (Å²) in [6.45, 7) is 9.30. The maximum absolute atomic E-state index is 8.53. The van der Waals surface area contributed by atoms with Crippen molar-refractivity contribution >= 4 is 0 Å². The Labute approximate surface area is 61.8 Å². The van der Waals surface area contributed by atoms with Crippen molar-refractivity contribution in [3.63, 3.8) is 0 Å². The minimum atomic E-state index is -0.212. The van der Waals surface area contributed by atoms with Crippen LogP contribution in [0.25, 0.3) is 0 Å². The molecule has 10 heavy (non-hydrogen) atoms. The summed E-state index contributed by atoms with van der Waals surface area (Å²) in [7, 11) is 0. The maximum atomic E-state index is 8.53. The SMILES string of the molecule is C=CCC(C)COC(=C)O. The van der Waals surface area contributed by atoms with Crippen LogP contribution in [-0.4, -0.2) is 11.7 Å². The number of hydrogen-bond donors (Lipinski definition) is 1. The molecule has 2 heteroatoms. The fourth-order valence-electron chi connectivity index (χ4n) is 0.591. The molecule has 1 unspecified atom stereocenters. The molecule has 1 N–H and O–H groups in total. The van der Waals surface area contributed by atoms with Crippen LogP contribution in [-0.2, 0) is 4.74 Å². The first-order chi connectivity index (χ1) is 4.66. The van der Waals surface area contributed by atoms with E-state index in [4.69, 9.17) is 9.84 Å². The zero-order valence-electron chi connectivity index (χ0n) is 6.34. The first-order valence-electron chi connectivity index (χ1n) is 3.28. The van der Waals surface area contributed by atoms with Crippen LogP contribution >= 0.6 is 0 Å². The number of aliphatic hydroxyl groups excluding tert-OH is 1. The molecule has 0 aliphatic carbocycles. The normalized spacial score (nSPS) is 12.1. The van der Waals surface area contributed by atoms with Gasteiger partial charge in [-0.25, -0.2) is 0 Å². The van der Waals surface area contributed by atoms with Crippen molar-refractivity contribution in [3.05, 3.63) is 25.2 Å². The third-order valence-electron chi connectivity index (χ3n) is 1.10. The molecule has 0 aromatic carbocycles. The van der Waals surface area contributed by atoms with Gasteiger partial charge in [-0.15, -0.1) is 6.58 Å². The van der Waals surface area contributed by atoms with Crippen molar-refractivity contribution in [2.24, 2.45) is 5.92 Å². The highest BCUT2D eigenvalue weighted by molar-refractivity contribution is 4.71. The largest absolute Gasteiger partial charge is 0.481 e. The van der Waals surface area contributed by atoms with E-state index >= 15 is 0 Å². The van der Waals surface area contributed by atoms with Crippen molar-refractivity contribution in [3.8, 4) is 0 Å². The van der Waals surface area contributed by atoms with Crippen LogP contribution < -0.4 is 0 Å². The molecule has 0 fully saturated rings. The lowest BCUT2D eigenvalue weighted by atomic mass is 10.1. The molecule has 0 rings (SSSR count). The summed E-state index contributed by atoms with van der Waals surface area (Å²) in [4.78, 5) is 0. The van der Waals surface area contributed by atoms with Gasteiger partial charge in [-0.05, 0) is 18.9 Å². The standard InChI is InChI=1S/C8H14O2/c1-4-5-7(2)6-10-8(3)9/h4,7,9H,1,3,5-6H2,2H3. The molecule has 0 aliphatic rings. The second kappa shape index (κ2) is 4.91. The number of hydrogen-bond acceptors (Lipinski definition) is 2. The molecule has 1 atom stereocenters. The average Bonchev–Trinajstić information content (AvgIpc) is 1.85. The van der Waals surface area contributed by atoms with Crippen molar-refractivity contribution in [2.75, 3.05) is 6.61 Å². The molecule has 0 amide bonds. The van der Waals surface area contributed by atoms with Gasteiger partial charge in [-0.3, -0.25) is 0 Å². The molecule has 0 saturated carbocycles. The minimum absolute atomic E-state index is 0.212. The molecule has 0 heterocycles. The predicted molar refractivity (Wildman–Crippen MR) is 41.7 cm³/mol. The molecule has 0 aromatic rings. The van der Waals surface area contributed by atoms with Gasteiger partial charge in [0.05, 0.1) is 6.61 Å². The molecule has 58 valence electrons. The lowest BCUT2D eigenvalue weighted by Gasteiger charge is -2.08. The quantitative estimate of drug-likeness (QED) is 0.471. The Morgan fingerprint density at radius 3 is 2.80 bits per heavy atom. The van der Waals surface area contributed by atoms with Gasteiger partial charge in [0.1, 0.15) is 0 Å². The van der Waals surface area contributed by atoms with Gasteiger partial charge >= 0.3 is 0 Å². The number of ether oxygens (including phenoxy) is 1. The molecule has 0 radical (unpaired) electrons. The number of aliphatic hydroxyl groups is 1. The fraction of sp³-hybridized carbons (Fsp3) is 0.500. The second-order valence-electron chi connectivity index (χ2n) is 2.33. The monoisotopic (exact) mass is 142 g/mol. The van der Waals surface area contributed by atoms with Crippen molar-refractivity contribution < 1.29 is 9.84 Å². The van der Waals surface area contributed by atoms with Gasteiger partial charge in [0.15, 0.2) is 0 Å². The van der Waals surface area contributed by atoms with E-state index in [1.165, 1.54) is 0 Å². The Bertz CT molecular complexity index is 118. The first-order valence-corrected chi connectivity index (χ1v) is 3.28. The van der Waals surface area contributed by atoms with Gasteiger partial charge in [0.2, 0.25) is 0 Å². The summed E-state index contributed by atoms with van der Waals surface area (Å²) in [5.74, 6) is 0.178. The Balaban J connectivity index is 3.29. The fourth-order valence-corrected chi connectivity index (χ4v) is 0.591. The maximum Gasteiger partial charge on any atom is 0.269 e. The molecule has 2 nitrogen and oxygen atoms in total. The lowest BCUT2D eigenvalue weighted by Crippen LogP contribution is -2.03. The molecule has 0 bridgehead atoms. The molecule has 0 aromatic heterocycles. The van der Waals surface area contributed by atoms with Crippen molar-refractivity contribution in [1.29, 1.82) is 0 Å². The summed E-state index contributed by atoms with van der Waals surface area (Å²) in [5, 5.41) is 8.53. The van der Waals surface area contributed by atoms with E-state index < -0.39 is 0 Å². The molecule has 0 aliphatic heterocycles. The summed E-state index contributed by atoms with van der Waals surface area (Å²) in [6, 6.07) is 0. The van der Waals surface area contributed by atoms with Crippen LogP contribution in [0, 0.1) is 5.92 Å². The zero-order chi connectivity index (χ0) is 7.98. The van der Waals surface area contributed by atoms with Crippen LogP contribution in [0.3, 0.4) is 0 Å². The highest BCUT2D eigenvalue weighted by atomic mass is 16.6. The highest BCUT2D eigenvalue weighted by Gasteiger charge is 1.99. The van der Waals surface area contributed by atoms with E-state index in [-0.39, 0.29) is 5.95 Å². The average molecular weight is 142 g/mol. The Hall–Kier alpha value is -0.920. The summed E-state index contributed by atoms with van der Waals surface area (Å²) in [6.07, 6.45) is 2.72. The predicted octanol–water partition coefficient (Wildman–Crippen LogP) is 2.24.